The van der Waals surface area contributed by atoms with Crippen molar-refractivity contribution in [2.75, 3.05) is 0 Å². The largest absolute Gasteiger partial charge is 0.485 e. The monoisotopic (exact) mass is 288 g/mol. The van der Waals surface area contributed by atoms with E-state index in [1.165, 1.54) is 0 Å². The van der Waals surface area contributed by atoms with Crippen LogP contribution in [0.4, 0.5) is 0 Å². The molecule has 1 aromatic carbocycles. The van der Waals surface area contributed by atoms with Gasteiger partial charge in [0, 0.05) is 0 Å². The topological polar surface area (TPSA) is 68.4 Å². The number of benzene rings is 1. The predicted octanol–water partition coefficient (Wildman–Crippen LogP) is 2.87. The lowest BCUT2D eigenvalue weighted by Gasteiger charge is -2.04. The summed E-state index contributed by atoms with van der Waals surface area (Å²) in [6.07, 6.45) is 0. The number of thiophene rings is 1. The van der Waals surface area contributed by atoms with Crippen molar-refractivity contribution in [3.8, 4) is 16.5 Å². The Labute approximate surface area is 119 Å². The van der Waals surface area contributed by atoms with Crippen molar-refractivity contribution in [2.24, 2.45) is 0 Å². The van der Waals surface area contributed by atoms with Gasteiger partial charge in [-0.3, -0.25) is 0 Å². The molecule has 3 rings (SSSR count). The van der Waals surface area contributed by atoms with Crippen LogP contribution in [-0.4, -0.2) is 15.2 Å². The molecule has 2 heterocycles. The molecule has 1 N–H and O–H groups in total. The maximum absolute atomic E-state index is 9.06. The van der Waals surface area contributed by atoms with Crippen molar-refractivity contribution in [3.63, 3.8) is 0 Å². The molecule has 0 radical (unpaired) electrons. The van der Waals surface area contributed by atoms with Crippen LogP contribution in [0.3, 0.4) is 0 Å². The van der Waals surface area contributed by atoms with Gasteiger partial charge in [0.1, 0.15) is 5.75 Å². The van der Waals surface area contributed by atoms with Crippen molar-refractivity contribution < 1.29 is 14.4 Å². The van der Waals surface area contributed by atoms with E-state index in [1.807, 2.05) is 35.7 Å². The summed E-state index contributed by atoms with van der Waals surface area (Å²) in [5.74, 6) is 1.66. The Hall–Kier alpha value is -2.18. The maximum Gasteiger partial charge on any atom is 0.268 e. The second-order valence-electron chi connectivity index (χ2n) is 4.09. The van der Waals surface area contributed by atoms with Crippen molar-refractivity contribution in [2.45, 2.75) is 13.2 Å². The summed E-state index contributed by atoms with van der Waals surface area (Å²) in [4.78, 5) is 5.20. The zero-order valence-corrected chi connectivity index (χ0v) is 11.3. The van der Waals surface area contributed by atoms with Crippen LogP contribution in [0.5, 0.6) is 5.75 Å². The first kappa shape index (κ1) is 12.8. The molecule has 3 aromatic rings. The number of hydrogen-bond acceptors (Lipinski definition) is 6. The van der Waals surface area contributed by atoms with Crippen molar-refractivity contribution in [1.82, 2.24) is 10.1 Å². The van der Waals surface area contributed by atoms with Gasteiger partial charge in [-0.15, -0.1) is 11.3 Å². The van der Waals surface area contributed by atoms with Crippen molar-refractivity contribution in [3.05, 3.63) is 53.2 Å². The van der Waals surface area contributed by atoms with E-state index in [0.717, 1.165) is 10.4 Å². The summed E-state index contributed by atoms with van der Waals surface area (Å²) in [7, 11) is 0. The van der Waals surface area contributed by atoms with E-state index >= 15 is 0 Å². The summed E-state index contributed by atoms with van der Waals surface area (Å²) >= 11 is 1.54. The summed E-state index contributed by atoms with van der Waals surface area (Å²) in [5, 5.41) is 14.9. The lowest BCUT2D eigenvalue weighted by atomic mass is 10.2. The summed E-state index contributed by atoms with van der Waals surface area (Å²) in [5.41, 5.74) is 0.801. The van der Waals surface area contributed by atoms with E-state index in [1.54, 1.807) is 17.4 Å². The summed E-state index contributed by atoms with van der Waals surface area (Å²) < 4.78 is 10.7. The fourth-order valence-corrected chi connectivity index (χ4v) is 2.34. The molecule has 0 aliphatic rings. The van der Waals surface area contributed by atoms with Crippen LogP contribution in [0.15, 0.2) is 46.3 Å². The van der Waals surface area contributed by atoms with Gasteiger partial charge < -0.3 is 14.4 Å². The second-order valence-corrected chi connectivity index (χ2v) is 5.03. The first-order valence-corrected chi connectivity index (χ1v) is 6.92. The highest BCUT2D eigenvalue weighted by atomic mass is 32.1. The first-order valence-electron chi connectivity index (χ1n) is 6.04. The zero-order valence-electron chi connectivity index (χ0n) is 10.5. The van der Waals surface area contributed by atoms with E-state index < -0.39 is 0 Å². The second kappa shape index (κ2) is 5.85. The Morgan fingerprint density at radius 1 is 1.25 bits per heavy atom. The molecule has 0 saturated heterocycles. The number of aliphatic hydroxyl groups is 1. The van der Waals surface area contributed by atoms with E-state index in [2.05, 4.69) is 10.1 Å². The molecule has 0 saturated carbocycles. The van der Waals surface area contributed by atoms with Gasteiger partial charge in [0.05, 0.1) is 11.5 Å². The maximum atomic E-state index is 9.06. The van der Waals surface area contributed by atoms with Gasteiger partial charge in [-0.05, 0) is 29.1 Å². The third-order valence-corrected chi connectivity index (χ3v) is 3.51. The average molecular weight is 288 g/mol. The molecule has 5 nitrogen and oxygen atoms in total. The fourth-order valence-electron chi connectivity index (χ4n) is 1.69. The number of aromatic nitrogens is 2. The van der Waals surface area contributed by atoms with E-state index in [4.69, 9.17) is 14.4 Å². The highest BCUT2D eigenvalue weighted by Crippen LogP contribution is 2.22. The van der Waals surface area contributed by atoms with Crippen LogP contribution in [0.1, 0.15) is 11.4 Å². The zero-order chi connectivity index (χ0) is 13.8. The lowest BCUT2D eigenvalue weighted by Crippen LogP contribution is -1.98. The molecule has 102 valence electrons. The van der Waals surface area contributed by atoms with Crippen molar-refractivity contribution >= 4 is 11.3 Å². The lowest BCUT2D eigenvalue weighted by molar-refractivity contribution is 0.274. The predicted molar refractivity (Wildman–Crippen MR) is 74.3 cm³/mol. The Balaban J connectivity index is 1.66. The standard InChI is InChI=1S/C14H12N2O3S/c17-8-10-3-1-4-11(7-10)18-9-13-15-14(19-16-13)12-5-2-6-20-12/h1-7,17H,8-9H2. The van der Waals surface area contributed by atoms with Gasteiger partial charge in [0.25, 0.3) is 5.89 Å². The SMILES string of the molecule is OCc1cccc(OCc2noc(-c3cccs3)n2)c1. The van der Waals surface area contributed by atoms with Gasteiger partial charge in [-0.1, -0.05) is 23.4 Å². The molecule has 0 atom stereocenters. The average Bonchev–Trinajstić information content (AvgIpc) is 3.16. The number of ether oxygens (including phenoxy) is 1. The molecule has 0 amide bonds. The van der Waals surface area contributed by atoms with Crippen LogP contribution >= 0.6 is 11.3 Å². The number of hydrogen-bond donors (Lipinski definition) is 1. The van der Waals surface area contributed by atoms with Crippen LogP contribution in [0.25, 0.3) is 10.8 Å². The number of nitrogens with zero attached hydrogens (tertiary/aromatic N) is 2. The summed E-state index contributed by atoms with van der Waals surface area (Å²) in [6, 6.07) is 11.1. The van der Waals surface area contributed by atoms with Gasteiger partial charge in [0.15, 0.2) is 6.61 Å². The van der Waals surface area contributed by atoms with Crippen molar-refractivity contribution in [1.29, 1.82) is 0 Å². The van der Waals surface area contributed by atoms with E-state index in [0.29, 0.717) is 17.5 Å². The summed E-state index contributed by atoms with van der Waals surface area (Å²) in [6.45, 7) is 0.214. The molecule has 0 aliphatic heterocycles. The third-order valence-electron chi connectivity index (χ3n) is 2.65. The quantitative estimate of drug-likeness (QED) is 0.782. The highest BCUT2D eigenvalue weighted by molar-refractivity contribution is 7.13. The van der Waals surface area contributed by atoms with Gasteiger partial charge >= 0.3 is 0 Å². The first-order chi connectivity index (χ1) is 9.85. The molecular formula is C14H12N2O3S. The number of rotatable bonds is 5. The van der Waals surface area contributed by atoms with Gasteiger partial charge in [-0.2, -0.15) is 4.98 Å². The van der Waals surface area contributed by atoms with E-state index in [-0.39, 0.29) is 13.2 Å². The van der Waals surface area contributed by atoms with Crippen LogP contribution in [0.2, 0.25) is 0 Å². The molecular weight excluding hydrogens is 276 g/mol. The molecule has 2 aromatic heterocycles. The molecule has 20 heavy (non-hydrogen) atoms. The minimum Gasteiger partial charge on any atom is -0.485 e. The molecule has 6 heteroatoms. The smallest absolute Gasteiger partial charge is 0.268 e. The molecule has 0 fully saturated rings. The minimum absolute atomic E-state index is 0.0120. The Kier molecular flexibility index (Phi) is 3.76. The van der Waals surface area contributed by atoms with Gasteiger partial charge in [0.2, 0.25) is 5.82 Å². The third kappa shape index (κ3) is 2.87. The van der Waals surface area contributed by atoms with E-state index in [9.17, 15) is 0 Å². The van der Waals surface area contributed by atoms with Crippen LogP contribution in [-0.2, 0) is 13.2 Å². The molecule has 0 bridgehead atoms. The molecule has 0 unspecified atom stereocenters. The Morgan fingerprint density at radius 3 is 3.00 bits per heavy atom. The highest BCUT2D eigenvalue weighted by Gasteiger charge is 2.10. The van der Waals surface area contributed by atoms with Crippen LogP contribution < -0.4 is 4.74 Å². The fraction of sp³-hybridized carbons (Fsp3) is 0.143. The Bertz CT molecular complexity index is 679. The minimum atomic E-state index is -0.0120. The molecule has 0 aliphatic carbocycles. The van der Waals surface area contributed by atoms with Crippen LogP contribution in [0, 0.1) is 0 Å². The normalized spacial score (nSPS) is 10.7. The number of aliphatic hydroxyl groups excluding tert-OH is 1. The Morgan fingerprint density at radius 2 is 2.20 bits per heavy atom. The molecule has 0 spiro atoms. The van der Waals surface area contributed by atoms with Gasteiger partial charge in [-0.25, -0.2) is 0 Å².